The second kappa shape index (κ2) is 9.44. The van der Waals surface area contributed by atoms with Crippen LogP contribution in [0.15, 0.2) is 23.1 Å². The van der Waals surface area contributed by atoms with Gasteiger partial charge in [0.05, 0.1) is 33.7 Å². The summed E-state index contributed by atoms with van der Waals surface area (Å²) in [5.74, 6) is -1.13. The van der Waals surface area contributed by atoms with E-state index in [-0.39, 0.29) is 27.1 Å². The lowest BCUT2D eigenvalue weighted by molar-refractivity contribution is -0.116. The fraction of sp³-hybridized carbons (Fsp3) is 0.333. The molecular weight excluding hydrogens is 459 g/mol. The average molecular weight is 479 g/mol. The lowest BCUT2D eigenvalue weighted by atomic mass is 10.1. The first-order valence-electron chi connectivity index (χ1n) is 8.47. The second-order valence-electron chi connectivity index (χ2n) is 6.09. The molecule has 0 fully saturated rings. The SMILES string of the molecule is CCOC(=O)c1c(NC(=O)CN(C)S(=O)(=O)c2ccc(Cl)c(Cl)c2)sc(C)c1C. The number of anilines is 1. The van der Waals surface area contributed by atoms with E-state index in [1.54, 1.807) is 13.8 Å². The van der Waals surface area contributed by atoms with E-state index in [9.17, 15) is 18.0 Å². The molecule has 1 N–H and O–H groups in total. The second-order valence-corrected chi connectivity index (χ2v) is 10.2. The van der Waals surface area contributed by atoms with Crippen molar-refractivity contribution in [3.05, 3.63) is 44.2 Å². The minimum Gasteiger partial charge on any atom is -0.462 e. The molecule has 2 rings (SSSR count). The number of benzene rings is 1. The number of thiophene rings is 1. The number of nitrogens with one attached hydrogen (secondary N) is 1. The summed E-state index contributed by atoms with van der Waals surface area (Å²) in [4.78, 5) is 25.4. The number of nitrogens with zero attached hydrogens (tertiary/aromatic N) is 1. The molecule has 11 heteroatoms. The van der Waals surface area contributed by atoms with Crippen molar-refractivity contribution in [2.45, 2.75) is 25.7 Å². The summed E-state index contributed by atoms with van der Waals surface area (Å²) in [7, 11) is -2.69. The van der Waals surface area contributed by atoms with Gasteiger partial charge in [-0.1, -0.05) is 23.2 Å². The van der Waals surface area contributed by atoms with Crippen LogP contribution < -0.4 is 5.32 Å². The van der Waals surface area contributed by atoms with Gasteiger partial charge in [-0.25, -0.2) is 13.2 Å². The van der Waals surface area contributed by atoms with Crippen molar-refractivity contribution in [1.82, 2.24) is 4.31 Å². The Morgan fingerprint density at radius 3 is 2.45 bits per heavy atom. The maximum Gasteiger partial charge on any atom is 0.341 e. The lowest BCUT2D eigenvalue weighted by Crippen LogP contribution is -2.35. The van der Waals surface area contributed by atoms with E-state index in [0.717, 1.165) is 9.18 Å². The quantitative estimate of drug-likeness (QED) is 0.604. The molecule has 158 valence electrons. The molecule has 0 unspecified atom stereocenters. The lowest BCUT2D eigenvalue weighted by Gasteiger charge is -2.17. The van der Waals surface area contributed by atoms with E-state index in [4.69, 9.17) is 27.9 Å². The third-order valence-corrected chi connectivity index (χ3v) is 7.74. The van der Waals surface area contributed by atoms with E-state index in [0.29, 0.717) is 10.6 Å². The number of rotatable bonds is 7. The van der Waals surface area contributed by atoms with Crippen LogP contribution in [0.1, 0.15) is 27.7 Å². The highest BCUT2D eigenvalue weighted by molar-refractivity contribution is 7.89. The third kappa shape index (κ3) is 5.29. The molecule has 0 bridgehead atoms. The number of halogens is 2. The maximum absolute atomic E-state index is 12.7. The standard InChI is InChI=1S/C18H20Cl2N2O5S2/c1-5-27-18(24)16-10(2)11(3)28-17(16)21-15(23)9-22(4)29(25,26)12-6-7-13(19)14(20)8-12/h6-8H,5,9H2,1-4H3,(H,21,23). The van der Waals surface area contributed by atoms with Crippen LogP contribution in [0.5, 0.6) is 0 Å². The minimum absolute atomic E-state index is 0.0859. The Balaban J connectivity index is 2.19. The number of sulfonamides is 1. The van der Waals surface area contributed by atoms with Crippen molar-refractivity contribution in [3.63, 3.8) is 0 Å². The van der Waals surface area contributed by atoms with Gasteiger partial charge in [0, 0.05) is 11.9 Å². The molecule has 0 spiro atoms. The highest BCUT2D eigenvalue weighted by Crippen LogP contribution is 2.33. The molecule has 0 aliphatic rings. The fourth-order valence-corrected chi connectivity index (χ4v) is 5.02. The Labute approximate surface area is 183 Å². The van der Waals surface area contributed by atoms with E-state index in [1.807, 2.05) is 6.92 Å². The fourth-order valence-electron chi connectivity index (χ4n) is 2.43. The summed E-state index contributed by atoms with van der Waals surface area (Å²) < 4.78 is 31.3. The van der Waals surface area contributed by atoms with Crippen molar-refractivity contribution >= 4 is 61.4 Å². The highest BCUT2D eigenvalue weighted by atomic mass is 35.5. The summed E-state index contributed by atoms with van der Waals surface area (Å²) in [6, 6.07) is 3.90. The molecule has 2 aromatic rings. The monoisotopic (exact) mass is 478 g/mol. The van der Waals surface area contributed by atoms with Crippen molar-refractivity contribution in [2.75, 3.05) is 25.5 Å². The smallest absolute Gasteiger partial charge is 0.341 e. The zero-order chi connectivity index (χ0) is 21.9. The van der Waals surface area contributed by atoms with Crippen LogP contribution >= 0.6 is 34.5 Å². The highest BCUT2D eigenvalue weighted by Gasteiger charge is 2.26. The van der Waals surface area contributed by atoms with Gasteiger partial charge in [0.2, 0.25) is 15.9 Å². The number of esters is 1. The largest absolute Gasteiger partial charge is 0.462 e. The van der Waals surface area contributed by atoms with Gasteiger partial charge in [0.25, 0.3) is 0 Å². The zero-order valence-corrected chi connectivity index (χ0v) is 19.4. The van der Waals surface area contributed by atoms with Crippen LogP contribution in [0.25, 0.3) is 0 Å². The van der Waals surface area contributed by atoms with E-state index in [1.165, 1.54) is 36.6 Å². The van der Waals surface area contributed by atoms with E-state index >= 15 is 0 Å². The van der Waals surface area contributed by atoms with Gasteiger partial charge >= 0.3 is 5.97 Å². The Kier molecular flexibility index (Phi) is 7.69. The van der Waals surface area contributed by atoms with Gasteiger partial charge in [-0.3, -0.25) is 4.79 Å². The maximum atomic E-state index is 12.7. The van der Waals surface area contributed by atoms with E-state index in [2.05, 4.69) is 5.32 Å². The number of hydrogen-bond acceptors (Lipinski definition) is 6. The molecule has 1 amide bonds. The van der Waals surface area contributed by atoms with Crippen molar-refractivity contribution in [3.8, 4) is 0 Å². The van der Waals surface area contributed by atoms with Crippen molar-refractivity contribution in [2.24, 2.45) is 0 Å². The van der Waals surface area contributed by atoms with Gasteiger partial charge in [-0.2, -0.15) is 4.31 Å². The molecule has 1 aromatic carbocycles. The Morgan fingerprint density at radius 1 is 1.21 bits per heavy atom. The molecule has 1 aromatic heterocycles. The van der Waals surface area contributed by atoms with Gasteiger partial charge in [-0.15, -0.1) is 11.3 Å². The predicted octanol–water partition coefficient (Wildman–Crippen LogP) is 4.11. The zero-order valence-electron chi connectivity index (χ0n) is 16.2. The van der Waals surface area contributed by atoms with Crippen LogP contribution in [0.2, 0.25) is 10.0 Å². The normalized spacial score (nSPS) is 11.6. The minimum atomic E-state index is -3.96. The molecule has 0 saturated heterocycles. The first-order valence-corrected chi connectivity index (χ1v) is 11.5. The van der Waals surface area contributed by atoms with Gasteiger partial charge < -0.3 is 10.1 Å². The Bertz CT molecular complexity index is 1050. The molecule has 1 heterocycles. The Morgan fingerprint density at radius 2 is 1.86 bits per heavy atom. The number of aryl methyl sites for hydroxylation is 1. The van der Waals surface area contributed by atoms with Crippen LogP contribution in [0, 0.1) is 13.8 Å². The molecular formula is C18H20Cl2N2O5S2. The van der Waals surface area contributed by atoms with Crippen LogP contribution in [0.3, 0.4) is 0 Å². The Hall–Kier alpha value is -1.65. The molecule has 0 aliphatic heterocycles. The van der Waals surface area contributed by atoms with Crippen LogP contribution in [0.4, 0.5) is 5.00 Å². The van der Waals surface area contributed by atoms with Gasteiger partial charge in [0.1, 0.15) is 5.00 Å². The summed E-state index contributed by atoms with van der Waals surface area (Å²) in [6.45, 7) is 5.01. The molecule has 0 aliphatic carbocycles. The number of amides is 1. The summed E-state index contributed by atoms with van der Waals surface area (Å²) in [5, 5.41) is 3.25. The van der Waals surface area contributed by atoms with Crippen LogP contribution in [-0.2, 0) is 19.6 Å². The number of carbonyl (C=O) groups excluding carboxylic acids is 2. The van der Waals surface area contributed by atoms with E-state index < -0.39 is 28.4 Å². The van der Waals surface area contributed by atoms with Crippen molar-refractivity contribution in [1.29, 1.82) is 0 Å². The molecule has 0 radical (unpaired) electrons. The summed E-state index contributed by atoms with van der Waals surface area (Å²) in [5.41, 5.74) is 0.984. The number of likely N-dealkylation sites (N-methyl/N-ethyl adjacent to an activating group) is 1. The van der Waals surface area contributed by atoms with Crippen LogP contribution in [-0.4, -0.2) is 44.8 Å². The third-order valence-electron chi connectivity index (χ3n) is 4.08. The predicted molar refractivity (Wildman–Crippen MR) is 115 cm³/mol. The summed E-state index contributed by atoms with van der Waals surface area (Å²) in [6.07, 6.45) is 0. The first kappa shape index (κ1) is 23.6. The van der Waals surface area contributed by atoms with Gasteiger partial charge in [0.15, 0.2) is 0 Å². The van der Waals surface area contributed by atoms with Gasteiger partial charge in [-0.05, 0) is 44.5 Å². The first-order chi connectivity index (χ1) is 13.5. The average Bonchev–Trinajstić information content (AvgIpc) is 2.90. The number of ether oxygens (including phenoxy) is 1. The molecule has 7 nitrogen and oxygen atoms in total. The molecule has 0 atom stereocenters. The molecule has 29 heavy (non-hydrogen) atoms. The topological polar surface area (TPSA) is 92.8 Å². The summed E-state index contributed by atoms with van der Waals surface area (Å²) >= 11 is 12.9. The molecule has 0 saturated carbocycles. The number of hydrogen-bond donors (Lipinski definition) is 1. The number of carbonyl (C=O) groups is 2. The van der Waals surface area contributed by atoms with Crippen molar-refractivity contribution < 1.29 is 22.7 Å².